The van der Waals surface area contributed by atoms with Crippen LogP contribution in [0.25, 0.3) is 0 Å². The standard InChI is InChI=1S/C13H20N2O2S/c1-10(16)7-8-15(2)13(17)14-11-5-4-6-12(9-11)18-3/h4-6,9-10,16H,7-8H2,1-3H3,(H,14,17). The lowest BCUT2D eigenvalue weighted by Gasteiger charge is -2.18. The molecule has 0 aliphatic carbocycles. The summed E-state index contributed by atoms with van der Waals surface area (Å²) in [5.41, 5.74) is 0.788. The van der Waals surface area contributed by atoms with E-state index in [1.54, 1.807) is 30.6 Å². The van der Waals surface area contributed by atoms with Crippen molar-refractivity contribution in [2.45, 2.75) is 24.3 Å². The van der Waals surface area contributed by atoms with Gasteiger partial charge in [-0.2, -0.15) is 0 Å². The molecule has 100 valence electrons. The molecule has 0 spiro atoms. The van der Waals surface area contributed by atoms with Crippen molar-refractivity contribution in [1.82, 2.24) is 4.90 Å². The fourth-order valence-electron chi connectivity index (χ4n) is 1.40. The Morgan fingerprint density at radius 3 is 2.89 bits per heavy atom. The highest BCUT2D eigenvalue weighted by Crippen LogP contribution is 2.19. The number of aliphatic hydroxyl groups excluding tert-OH is 1. The average molecular weight is 268 g/mol. The molecule has 0 radical (unpaired) electrons. The molecule has 0 fully saturated rings. The van der Waals surface area contributed by atoms with Crippen LogP contribution in [0, 0.1) is 0 Å². The molecule has 0 aromatic heterocycles. The zero-order valence-corrected chi connectivity index (χ0v) is 11.8. The Bertz CT molecular complexity index is 396. The van der Waals surface area contributed by atoms with Gasteiger partial charge in [-0.3, -0.25) is 0 Å². The van der Waals surface area contributed by atoms with Crippen molar-refractivity contribution < 1.29 is 9.90 Å². The third kappa shape index (κ3) is 4.98. The molecule has 0 heterocycles. The topological polar surface area (TPSA) is 52.6 Å². The van der Waals surface area contributed by atoms with E-state index in [-0.39, 0.29) is 12.1 Å². The molecule has 18 heavy (non-hydrogen) atoms. The molecular weight excluding hydrogens is 248 g/mol. The first-order chi connectivity index (χ1) is 8.52. The molecular formula is C13H20N2O2S. The minimum atomic E-state index is -0.389. The van der Waals surface area contributed by atoms with Crippen LogP contribution in [0.2, 0.25) is 0 Å². The van der Waals surface area contributed by atoms with Crippen LogP contribution in [0.3, 0.4) is 0 Å². The molecule has 5 heteroatoms. The Kier molecular flexibility index (Phi) is 6.01. The number of urea groups is 1. The summed E-state index contributed by atoms with van der Waals surface area (Å²) in [6.45, 7) is 2.25. The van der Waals surface area contributed by atoms with Gasteiger partial charge in [0.2, 0.25) is 0 Å². The summed E-state index contributed by atoms with van der Waals surface area (Å²) in [6.07, 6.45) is 2.19. The Hall–Kier alpha value is -1.20. The molecule has 0 saturated carbocycles. The largest absolute Gasteiger partial charge is 0.393 e. The third-order valence-corrected chi connectivity index (χ3v) is 3.28. The van der Waals surface area contributed by atoms with E-state index in [9.17, 15) is 9.90 Å². The van der Waals surface area contributed by atoms with Gasteiger partial charge in [0.05, 0.1) is 6.10 Å². The lowest BCUT2D eigenvalue weighted by atomic mass is 10.3. The van der Waals surface area contributed by atoms with E-state index >= 15 is 0 Å². The van der Waals surface area contributed by atoms with Gasteiger partial charge in [0.25, 0.3) is 0 Å². The third-order valence-electron chi connectivity index (χ3n) is 2.55. The molecule has 1 aromatic rings. The molecule has 0 aliphatic rings. The second-order valence-electron chi connectivity index (χ2n) is 4.22. The fraction of sp³-hybridized carbons (Fsp3) is 0.462. The highest BCUT2D eigenvalue weighted by molar-refractivity contribution is 7.98. The number of nitrogens with zero attached hydrogens (tertiary/aromatic N) is 1. The second kappa shape index (κ2) is 7.28. The summed E-state index contributed by atoms with van der Waals surface area (Å²) in [4.78, 5) is 14.5. The van der Waals surface area contributed by atoms with Crippen molar-refractivity contribution in [3.05, 3.63) is 24.3 Å². The number of thioether (sulfide) groups is 1. The minimum Gasteiger partial charge on any atom is -0.393 e. The van der Waals surface area contributed by atoms with E-state index < -0.39 is 0 Å². The number of amides is 2. The first-order valence-electron chi connectivity index (χ1n) is 5.87. The summed E-state index contributed by atoms with van der Waals surface area (Å²) in [7, 11) is 1.72. The molecule has 1 unspecified atom stereocenters. The minimum absolute atomic E-state index is 0.158. The predicted octanol–water partition coefficient (Wildman–Crippen LogP) is 2.64. The number of aliphatic hydroxyl groups is 1. The SMILES string of the molecule is CSc1cccc(NC(=O)N(C)CCC(C)O)c1. The first kappa shape index (κ1) is 14.9. The number of anilines is 1. The Balaban J connectivity index is 2.52. The van der Waals surface area contributed by atoms with Crippen LogP contribution in [-0.4, -0.2) is 42.0 Å². The predicted molar refractivity (Wildman–Crippen MR) is 76.2 cm³/mol. The molecule has 0 bridgehead atoms. The number of hydrogen-bond acceptors (Lipinski definition) is 3. The zero-order chi connectivity index (χ0) is 13.5. The van der Waals surface area contributed by atoms with Gasteiger partial charge >= 0.3 is 6.03 Å². The maximum atomic E-state index is 11.9. The molecule has 0 aliphatic heterocycles. The van der Waals surface area contributed by atoms with Crippen molar-refractivity contribution in [2.75, 3.05) is 25.2 Å². The number of benzene rings is 1. The molecule has 1 atom stereocenters. The number of carbonyl (C=O) groups is 1. The summed E-state index contributed by atoms with van der Waals surface area (Å²) in [5, 5.41) is 12.0. The molecule has 1 aromatic carbocycles. The van der Waals surface area contributed by atoms with E-state index in [1.807, 2.05) is 30.5 Å². The van der Waals surface area contributed by atoms with Gasteiger partial charge < -0.3 is 15.3 Å². The summed E-state index contributed by atoms with van der Waals surface area (Å²) in [6, 6.07) is 7.55. The van der Waals surface area contributed by atoms with Crippen molar-refractivity contribution in [2.24, 2.45) is 0 Å². The highest BCUT2D eigenvalue weighted by atomic mass is 32.2. The lowest BCUT2D eigenvalue weighted by molar-refractivity contribution is 0.167. The van der Waals surface area contributed by atoms with Crippen LogP contribution in [0.1, 0.15) is 13.3 Å². The van der Waals surface area contributed by atoms with Gasteiger partial charge in [-0.1, -0.05) is 6.07 Å². The monoisotopic (exact) mass is 268 g/mol. The molecule has 2 N–H and O–H groups in total. The fourth-order valence-corrected chi connectivity index (χ4v) is 1.86. The molecule has 0 saturated heterocycles. The number of nitrogens with one attached hydrogen (secondary N) is 1. The number of hydrogen-bond donors (Lipinski definition) is 2. The van der Waals surface area contributed by atoms with E-state index in [2.05, 4.69) is 5.32 Å². The van der Waals surface area contributed by atoms with Crippen LogP contribution in [0.15, 0.2) is 29.2 Å². The van der Waals surface area contributed by atoms with Crippen molar-refractivity contribution in [1.29, 1.82) is 0 Å². The summed E-state index contributed by atoms with van der Waals surface area (Å²) in [5.74, 6) is 0. The van der Waals surface area contributed by atoms with E-state index in [0.717, 1.165) is 10.6 Å². The Morgan fingerprint density at radius 1 is 1.56 bits per heavy atom. The first-order valence-corrected chi connectivity index (χ1v) is 7.09. The van der Waals surface area contributed by atoms with Crippen LogP contribution >= 0.6 is 11.8 Å². The highest BCUT2D eigenvalue weighted by Gasteiger charge is 2.09. The van der Waals surface area contributed by atoms with Crippen LogP contribution in [-0.2, 0) is 0 Å². The van der Waals surface area contributed by atoms with Gasteiger partial charge in [-0.15, -0.1) is 11.8 Å². The van der Waals surface area contributed by atoms with Crippen molar-refractivity contribution in [3.63, 3.8) is 0 Å². The van der Waals surface area contributed by atoms with Gasteiger partial charge in [0.15, 0.2) is 0 Å². The van der Waals surface area contributed by atoms with Crippen molar-refractivity contribution >= 4 is 23.5 Å². The van der Waals surface area contributed by atoms with Crippen LogP contribution in [0.4, 0.5) is 10.5 Å². The van der Waals surface area contributed by atoms with E-state index in [0.29, 0.717) is 13.0 Å². The van der Waals surface area contributed by atoms with Crippen molar-refractivity contribution in [3.8, 4) is 0 Å². The van der Waals surface area contributed by atoms with Gasteiger partial charge in [0.1, 0.15) is 0 Å². The van der Waals surface area contributed by atoms with Crippen LogP contribution < -0.4 is 5.32 Å². The number of rotatable bonds is 5. The zero-order valence-electron chi connectivity index (χ0n) is 11.0. The number of carbonyl (C=O) groups excluding carboxylic acids is 1. The normalized spacial score (nSPS) is 12.0. The molecule has 4 nitrogen and oxygen atoms in total. The maximum Gasteiger partial charge on any atom is 0.321 e. The smallest absolute Gasteiger partial charge is 0.321 e. The Labute approximate surface area is 112 Å². The maximum absolute atomic E-state index is 11.9. The summed E-state index contributed by atoms with van der Waals surface area (Å²) < 4.78 is 0. The van der Waals surface area contributed by atoms with E-state index in [4.69, 9.17) is 0 Å². The van der Waals surface area contributed by atoms with Gasteiger partial charge in [-0.25, -0.2) is 4.79 Å². The molecule has 2 amide bonds. The summed E-state index contributed by atoms with van der Waals surface area (Å²) >= 11 is 1.63. The van der Waals surface area contributed by atoms with E-state index in [1.165, 1.54) is 0 Å². The lowest BCUT2D eigenvalue weighted by Crippen LogP contribution is -2.33. The van der Waals surface area contributed by atoms with Crippen LogP contribution in [0.5, 0.6) is 0 Å². The molecule has 1 rings (SSSR count). The average Bonchev–Trinajstić information content (AvgIpc) is 2.36. The quantitative estimate of drug-likeness (QED) is 0.807. The van der Waals surface area contributed by atoms with Gasteiger partial charge in [0, 0.05) is 24.2 Å². The Morgan fingerprint density at radius 2 is 2.28 bits per heavy atom. The van der Waals surface area contributed by atoms with Gasteiger partial charge in [-0.05, 0) is 37.8 Å². The second-order valence-corrected chi connectivity index (χ2v) is 5.10.